The molecule has 1 heterocycles. The van der Waals surface area contributed by atoms with Crippen LogP contribution in [0.3, 0.4) is 0 Å². The summed E-state index contributed by atoms with van der Waals surface area (Å²) in [5, 5.41) is 8.82. The van der Waals surface area contributed by atoms with E-state index in [1.807, 2.05) is 29.9 Å². The lowest BCUT2D eigenvalue weighted by Crippen LogP contribution is -2.07. The van der Waals surface area contributed by atoms with Gasteiger partial charge in [0.25, 0.3) is 0 Å². The van der Waals surface area contributed by atoms with Crippen molar-refractivity contribution < 1.29 is 14.6 Å². The van der Waals surface area contributed by atoms with E-state index in [1.165, 1.54) is 0 Å². The summed E-state index contributed by atoms with van der Waals surface area (Å²) in [5.41, 5.74) is 0.697. The van der Waals surface area contributed by atoms with E-state index in [9.17, 15) is 0 Å². The minimum absolute atomic E-state index is 0.191. The standard InChI is InChI=1S/C16H18N2O3/c1-18-9-8-17-16(18)7-11-21-15-6-5-14(20-2)12-13(15)4-3-10-19/h5-6,8-9,12,19H,7,10-11H2,1-2H3. The Morgan fingerprint density at radius 3 is 2.90 bits per heavy atom. The van der Waals surface area contributed by atoms with Gasteiger partial charge in [-0.3, -0.25) is 0 Å². The van der Waals surface area contributed by atoms with Gasteiger partial charge in [0.15, 0.2) is 0 Å². The van der Waals surface area contributed by atoms with E-state index < -0.39 is 0 Å². The third kappa shape index (κ3) is 4.01. The quantitative estimate of drug-likeness (QED) is 0.844. The van der Waals surface area contributed by atoms with Gasteiger partial charge < -0.3 is 19.1 Å². The number of hydrogen-bond donors (Lipinski definition) is 1. The lowest BCUT2D eigenvalue weighted by molar-refractivity contribution is 0.315. The van der Waals surface area contributed by atoms with Crippen molar-refractivity contribution in [2.24, 2.45) is 7.05 Å². The lowest BCUT2D eigenvalue weighted by atomic mass is 10.2. The first kappa shape index (κ1) is 14.9. The number of aliphatic hydroxyl groups excluding tert-OH is 1. The summed E-state index contributed by atoms with van der Waals surface area (Å²) < 4.78 is 12.9. The van der Waals surface area contributed by atoms with Crippen molar-refractivity contribution >= 4 is 0 Å². The Hall–Kier alpha value is -2.45. The van der Waals surface area contributed by atoms with Gasteiger partial charge in [-0.15, -0.1) is 0 Å². The van der Waals surface area contributed by atoms with Crippen molar-refractivity contribution in [3.05, 3.63) is 42.0 Å². The Morgan fingerprint density at radius 2 is 2.24 bits per heavy atom. The maximum atomic E-state index is 8.82. The van der Waals surface area contributed by atoms with Gasteiger partial charge in [0.2, 0.25) is 0 Å². The maximum absolute atomic E-state index is 8.82. The average molecular weight is 286 g/mol. The molecule has 0 unspecified atom stereocenters. The molecule has 5 heteroatoms. The van der Waals surface area contributed by atoms with Crippen LogP contribution in [0.5, 0.6) is 11.5 Å². The molecule has 0 aliphatic carbocycles. The molecule has 0 saturated carbocycles. The summed E-state index contributed by atoms with van der Waals surface area (Å²) in [4.78, 5) is 4.25. The molecular weight excluding hydrogens is 268 g/mol. The number of aryl methyl sites for hydroxylation is 1. The predicted octanol–water partition coefficient (Wildman–Crippen LogP) is 1.39. The summed E-state index contributed by atoms with van der Waals surface area (Å²) >= 11 is 0. The van der Waals surface area contributed by atoms with E-state index in [1.54, 1.807) is 19.4 Å². The Morgan fingerprint density at radius 1 is 1.38 bits per heavy atom. The largest absolute Gasteiger partial charge is 0.497 e. The van der Waals surface area contributed by atoms with Crippen molar-refractivity contribution in [1.29, 1.82) is 0 Å². The van der Waals surface area contributed by atoms with Gasteiger partial charge >= 0.3 is 0 Å². The Balaban J connectivity index is 2.06. The molecule has 1 aromatic heterocycles. The highest BCUT2D eigenvalue weighted by atomic mass is 16.5. The number of benzene rings is 1. The summed E-state index contributed by atoms with van der Waals surface area (Å²) in [6.07, 6.45) is 4.38. The molecule has 0 amide bonds. The molecule has 1 aromatic carbocycles. The third-order valence-electron chi connectivity index (χ3n) is 2.99. The van der Waals surface area contributed by atoms with Crippen LogP contribution in [-0.4, -0.2) is 35.0 Å². The van der Waals surface area contributed by atoms with E-state index >= 15 is 0 Å². The van der Waals surface area contributed by atoms with Gasteiger partial charge in [-0.05, 0) is 18.2 Å². The highest BCUT2D eigenvalue weighted by Gasteiger charge is 2.05. The molecule has 5 nitrogen and oxygen atoms in total. The number of imidazole rings is 1. The first-order chi connectivity index (χ1) is 10.2. The Labute approximate surface area is 124 Å². The number of aromatic nitrogens is 2. The van der Waals surface area contributed by atoms with Crippen LogP contribution in [0.4, 0.5) is 0 Å². The third-order valence-corrected chi connectivity index (χ3v) is 2.99. The summed E-state index contributed by atoms with van der Waals surface area (Å²) in [6, 6.07) is 5.43. The second-order valence-corrected chi connectivity index (χ2v) is 4.37. The Bertz CT molecular complexity index is 653. The molecule has 110 valence electrons. The zero-order chi connectivity index (χ0) is 15.1. The van der Waals surface area contributed by atoms with Gasteiger partial charge in [0.1, 0.15) is 23.9 Å². The molecule has 0 atom stereocenters. The fourth-order valence-corrected chi connectivity index (χ4v) is 1.88. The molecule has 0 spiro atoms. The van der Waals surface area contributed by atoms with Crippen LogP contribution in [0.2, 0.25) is 0 Å². The van der Waals surface area contributed by atoms with Gasteiger partial charge in [-0.25, -0.2) is 4.98 Å². The van der Waals surface area contributed by atoms with Gasteiger partial charge in [-0.2, -0.15) is 0 Å². The smallest absolute Gasteiger partial charge is 0.135 e. The molecule has 0 aliphatic heterocycles. The van der Waals surface area contributed by atoms with Crippen molar-refractivity contribution in [1.82, 2.24) is 9.55 Å². The molecule has 0 radical (unpaired) electrons. The molecule has 2 rings (SSSR count). The fourth-order valence-electron chi connectivity index (χ4n) is 1.88. The average Bonchev–Trinajstić information content (AvgIpc) is 2.91. The van der Waals surface area contributed by atoms with Crippen molar-refractivity contribution in [3.8, 4) is 23.3 Å². The second kappa shape index (κ2) is 7.36. The molecule has 0 bridgehead atoms. The number of nitrogens with zero attached hydrogens (tertiary/aromatic N) is 2. The van der Waals surface area contributed by atoms with Crippen LogP contribution in [0.15, 0.2) is 30.6 Å². The van der Waals surface area contributed by atoms with Crippen LogP contribution < -0.4 is 9.47 Å². The van der Waals surface area contributed by atoms with E-state index in [0.717, 1.165) is 5.82 Å². The van der Waals surface area contributed by atoms with Crippen molar-refractivity contribution in [2.45, 2.75) is 6.42 Å². The van der Waals surface area contributed by atoms with Crippen molar-refractivity contribution in [3.63, 3.8) is 0 Å². The molecule has 0 fully saturated rings. The summed E-state index contributed by atoms with van der Waals surface area (Å²) in [6.45, 7) is 0.314. The number of methoxy groups -OCH3 is 1. The van der Waals surface area contributed by atoms with Crippen molar-refractivity contribution in [2.75, 3.05) is 20.3 Å². The topological polar surface area (TPSA) is 56.5 Å². The highest BCUT2D eigenvalue weighted by Crippen LogP contribution is 2.23. The van der Waals surface area contributed by atoms with E-state index in [4.69, 9.17) is 14.6 Å². The van der Waals surface area contributed by atoms with Gasteiger partial charge in [0.05, 0.1) is 19.3 Å². The second-order valence-electron chi connectivity index (χ2n) is 4.37. The molecule has 1 N–H and O–H groups in total. The number of ether oxygens (including phenoxy) is 2. The minimum atomic E-state index is -0.191. The van der Waals surface area contributed by atoms with E-state index in [2.05, 4.69) is 16.8 Å². The number of rotatable bonds is 5. The summed E-state index contributed by atoms with van der Waals surface area (Å²) in [7, 11) is 3.55. The molecule has 0 saturated heterocycles. The maximum Gasteiger partial charge on any atom is 0.135 e. The first-order valence-electron chi connectivity index (χ1n) is 6.61. The molecule has 21 heavy (non-hydrogen) atoms. The van der Waals surface area contributed by atoms with Crippen LogP contribution in [-0.2, 0) is 13.5 Å². The highest BCUT2D eigenvalue weighted by molar-refractivity contribution is 5.50. The first-order valence-corrected chi connectivity index (χ1v) is 6.61. The summed E-state index contributed by atoms with van der Waals surface area (Å²) in [5.74, 6) is 7.83. The van der Waals surface area contributed by atoms with Crippen LogP contribution in [0.25, 0.3) is 0 Å². The van der Waals surface area contributed by atoms with Crippen LogP contribution in [0, 0.1) is 11.8 Å². The minimum Gasteiger partial charge on any atom is -0.497 e. The Kier molecular flexibility index (Phi) is 5.24. The molecule has 2 aromatic rings. The zero-order valence-corrected chi connectivity index (χ0v) is 12.2. The molecule has 0 aliphatic rings. The number of aliphatic hydroxyl groups is 1. The molecular formula is C16H18N2O3. The van der Waals surface area contributed by atoms with E-state index in [-0.39, 0.29) is 6.61 Å². The monoisotopic (exact) mass is 286 g/mol. The van der Waals surface area contributed by atoms with Gasteiger partial charge in [-0.1, -0.05) is 11.8 Å². The van der Waals surface area contributed by atoms with E-state index in [0.29, 0.717) is 30.1 Å². The fraction of sp³-hybridized carbons (Fsp3) is 0.312. The SMILES string of the molecule is COc1ccc(OCCc2nccn2C)c(C#CCO)c1. The lowest BCUT2D eigenvalue weighted by Gasteiger charge is -2.10. The van der Waals surface area contributed by atoms with Crippen LogP contribution >= 0.6 is 0 Å². The normalized spacial score (nSPS) is 9.86. The zero-order valence-electron chi connectivity index (χ0n) is 12.2. The predicted molar refractivity (Wildman–Crippen MR) is 79.4 cm³/mol. The van der Waals surface area contributed by atoms with Crippen LogP contribution in [0.1, 0.15) is 11.4 Å². The number of hydrogen-bond acceptors (Lipinski definition) is 4. The van der Waals surface area contributed by atoms with Gasteiger partial charge in [0, 0.05) is 25.9 Å².